The van der Waals surface area contributed by atoms with Crippen molar-refractivity contribution in [3.63, 3.8) is 0 Å². The van der Waals surface area contributed by atoms with Gasteiger partial charge in [-0.1, -0.05) is 17.7 Å². The van der Waals surface area contributed by atoms with Crippen molar-refractivity contribution in [1.82, 2.24) is 19.6 Å². The van der Waals surface area contributed by atoms with E-state index in [0.717, 1.165) is 4.40 Å². The van der Waals surface area contributed by atoms with Gasteiger partial charge in [0, 0.05) is 0 Å². The average molecular weight is 303 g/mol. The van der Waals surface area contributed by atoms with Crippen LogP contribution in [-0.2, 0) is 12.8 Å². The first-order valence-electron chi connectivity index (χ1n) is 5.43. The van der Waals surface area contributed by atoms with Gasteiger partial charge in [0.15, 0.2) is 10.8 Å². The average Bonchev–Trinajstić information content (AvgIpc) is 2.84. The first kappa shape index (κ1) is 13.1. The zero-order valence-electron chi connectivity index (χ0n) is 9.69. The van der Waals surface area contributed by atoms with Crippen LogP contribution in [0.1, 0.15) is 11.4 Å². The molecular weight excluding hydrogens is 297 g/mol. The van der Waals surface area contributed by atoms with Crippen molar-refractivity contribution in [2.24, 2.45) is 0 Å². The van der Waals surface area contributed by atoms with Crippen LogP contribution in [-0.4, -0.2) is 24.7 Å². The van der Waals surface area contributed by atoms with Crippen LogP contribution in [0.4, 0.5) is 13.2 Å². The Bertz CT molecular complexity index is 815. The molecule has 5 nitrogen and oxygen atoms in total. The SMILES string of the molecule is OCc1ccc2nc(Cl)c3nnc(C(F)(F)F)n3c2c1. The molecule has 0 saturated heterocycles. The van der Waals surface area contributed by atoms with Crippen molar-refractivity contribution in [1.29, 1.82) is 0 Å². The fraction of sp³-hybridized carbons (Fsp3) is 0.182. The lowest BCUT2D eigenvalue weighted by Gasteiger charge is -2.08. The summed E-state index contributed by atoms with van der Waals surface area (Å²) < 4.78 is 39.7. The van der Waals surface area contributed by atoms with E-state index in [2.05, 4.69) is 15.2 Å². The molecule has 0 amide bonds. The van der Waals surface area contributed by atoms with E-state index in [1.807, 2.05) is 0 Å². The molecule has 0 unspecified atom stereocenters. The van der Waals surface area contributed by atoms with E-state index in [1.54, 1.807) is 6.07 Å². The van der Waals surface area contributed by atoms with Gasteiger partial charge in [-0.25, -0.2) is 4.98 Å². The van der Waals surface area contributed by atoms with Crippen molar-refractivity contribution in [3.05, 3.63) is 34.7 Å². The van der Waals surface area contributed by atoms with Gasteiger partial charge in [-0.3, -0.25) is 4.40 Å². The lowest BCUT2D eigenvalue weighted by molar-refractivity contribution is -0.145. The normalized spacial score (nSPS) is 12.4. The second kappa shape index (κ2) is 4.29. The molecule has 1 N–H and O–H groups in total. The molecule has 1 aromatic carbocycles. The van der Waals surface area contributed by atoms with Gasteiger partial charge in [0.05, 0.1) is 17.6 Å². The molecule has 3 rings (SSSR count). The Morgan fingerprint density at radius 3 is 2.65 bits per heavy atom. The maximum absolute atomic E-state index is 13.0. The molecule has 0 atom stereocenters. The molecule has 104 valence electrons. The molecule has 0 aliphatic carbocycles. The quantitative estimate of drug-likeness (QED) is 0.750. The predicted octanol–water partition coefficient (Wildman–Crippen LogP) is 2.44. The van der Waals surface area contributed by atoms with E-state index in [9.17, 15) is 13.2 Å². The van der Waals surface area contributed by atoms with Gasteiger partial charge in [-0.05, 0) is 17.7 Å². The first-order chi connectivity index (χ1) is 9.41. The molecule has 20 heavy (non-hydrogen) atoms. The van der Waals surface area contributed by atoms with E-state index in [1.165, 1.54) is 12.1 Å². The number of nitrogens with zero attached hydrogens (tertiary/aromatic N) is 4. The summed E-state index contributed by atoms with van der Waals surface area (Å²) in [6.07, 6.45) is -4.67. The summed E-state index contributed by atoms with van der Waals surface area (Å²) >= 11 is 5.82. The Kier molecular flexibility index (Phi) is 2.80. The van der Waals surface area contributed by atoms with Gasteiger partial charge in [0.2, 0.25) is 5.82 Å². The van der Waals surface area contributed by atoms with E-state index >= 15 is 0 Å². The van der Waals surface area contributed by atoms with E-state index < -0.39 is 12.0 Å². The van der Waals surface area contributed by atoms with Crippen molar-refractivity contribution >= 4 is 28.3 Å². The van der Waals surface area contributed by atoms with E-state index in [4.69, 9.17) is 16.7 Å². The number of hydrogen-bond donors (Lipinski definition) is 1. The van der Waals surface area contributed by atoms with Crippen LogP contribution in [0.3, 0.4) is 0 Å². The molecule has 9 heteroatoms. The Morgan fingerprint density at radius 1 is 1.25 bits per heavy atom. The van der Waals surface area contributed by atoms with Gasteiger partial charge in [-0.15, -0.1) is 10.2 Å². The fourth-order valence-corrected chi connectivity index (χ4v) is 2.14. The summed E-state index contributed by atoms with van der Waals surface area (Å²) in [6, 6.07) is 4.42. The van der Waals surface area contributed by atoms with Crippen LogP contribution in [0, 0.1) is 0 Å². The highest BCUT2D eigenvalue weighted by molar-refractivity contribution is 6.32. The Balaban J connectivity index is 2.51. The third-order valence-electron chi connectivity index (χ3n) is 2.78. The minimum atomic E-state index is -4.67. The number of alkyl halides is 3. The zero-order chi connectivity index (χ0) is 14.5. The number of aliphatic hydroxyl groups is 1. The second-order valence-corrected chi connectivity index (χ2v) is 4.42. The van der Waals surface area contributed by atoms with Crippen molar-refractivity contribution in [2.45, 2.75) is 12.8 Å². The second-order valence-electron chi connectivity index (χ2n) is 4.06. The summed E-state index contributed by atoms with van der Waals surface area (Å²) in [5.74, 6) is -1.18. The first-order valence-corrected chi connectivity index (χ1v) is 5.81. The van der Waals surface area contributed by atoms with Gasteiger partial charge in [-0.2, -0.15) is 13.2 Å². The largest absolute Gasteiger partial charge is 0.452 e. The Hall–Kier alpha value is -1.93. The number of halogens is 4. The number of fused-ring (bicyclic) bond motifs is 3. The number of benzene rings is 1. The third kappa shape index (κ3) is 1.88. The molecule has 0 aliphatic rings. The third-order valence-corrected chi connectivity index (χ3v) is 3.04. The molecule has 0 radical (unpaired) electrons. The van der Waals surface area contributed by atoms with Crippen LogP contribution < -0.4 is 0 Å². The summed E-state index contributed by atoms with van der Waals surface area (Å²) in [5.41, 5.74) is 0.657. The summed E-state index contributed by atoms with van der Waals surface area (Å²) in [6.45, 7) is -0.302. The van der Waals surface area contributed by atoms with Crippen molar-refractivity contribution in [2.75, 3.05) is 0 Å². The van der Waals surface area contributed by atoms with E-state index in [-0.39, 0.29) is 28.4 Å². The van der Waals surface area contributed by atoms with Crippen LogP contribution >= 0.6 is 11.6 Å². The van der Waals surface area contributed by atoms with Gasteiger partial charge in [0.1, 0.15) is 0 Å². The maximum atomic E-state index is 13.0. The summed E-state index contributed by atoms with van der Waals surface area (Å²) in [4.78, 5) is 3.97. The minimum absolute atomic E-state index is 0.133. The molecule has 0 saturated carbocycles. The van der Waals surface area contributed by atoms with Crippen molar-refractivity contribution in [3.8, 4) is 0 Å². The fourth-order valence-electron chi connectivity index (χ4n) is 1.93. The summed E-state index contributed by atoms with van der Waals surface area (Å²) in [5, 5.41) is 15.5. The highest BCUT2D eigenvalue weighted by Gasteiger charge is 2.38. The molecule has 2 heterocycles. The van der Waals surface area contributed by atoms with Crippen LogP contribution in [0.5, 0.6) is 0 Å². The number of aliphatic hydroxyl groups excluding tert-OH is 1. The maximum Gasteiger partial charge on any atom is 0.452 e. The van der Waals surface area contributed by atoms with Crippen molar-refractivity contribution < 1.29 is 18.3 Å². The number of aromatic nitrogens is 4. The van der Waals surface area contributed by atoms with Crippen LogP contribution in [0.15, 0.2) is 18.2 Å². The molecule has 0 bridgehead atoms. The highest BCUT2D eigenvalue weighted by Crippen LogP contribution is 2.31. The lowest BCUT2D eigenvalue weighted by Crippen LogP contribution is -2.11. The Morgan fingerprint density at radius 2 is 2.00 bits per heavy atom. The Labute approximate surface area is 114 Å². The lowest BCUT2D eigenvalue weighted by atomic mass is 10.2. The molecular formula is C11H6ClF3N4O. The molecule has 0 aliphatic heterocycles. The monoisotopic (exact) mass is 302 g/mol. The molecule has 0 spiro atoms. The number of hydrogen-bond acceptors (Lipinski definition) is 4. The highest BCUT2D eigenvalue weighted by atomic mass is 35.5. The zero-order valence-corrected chi connectivity index (χ0v) is 10.4. The topological polar surface area (TPSA) is 63.3 Å². The van der Waals surface area contributed by atoms with Gasteiger partial charge < -0.3 is 5.11 Å². The summed E-state index contributed by atoms with van der Waals surface area (Å²) in [7, 11) is 0. The van der Waals surface area contributed by atoms with E-state index in [0.29, 0.717) is 5.56 Å². The molecule has 2 aromatic heterocycles. The minimum Gasteiger partial charge on any atom is -0.392 e. The standard InChI is InChI=1S/C11H6ClF3N4O/c12-8-9-17-18-10(11(13,14)15)19(9)7-3-5(4-20)1-2-6(7)16-8/h1-3,20H,4H2. The van der Waals surface area contributed by atoms with Gasteiger partial charge in [0.25, 0.3) is 0 Å². The predicted molar refractivity (Wildman–Crippen MR) is 64.2 cm³/mol. The molecule has 3 aromatic rings. The van der Waals surface area contributed by atoms with Gasteiger partial charge >= 0.3 is 6.18 Å². The van der Waals surface area contributed by atoms with Crippen LogP contribution in [0.2, 0.25) is 5.15 Å². The molecule has 0 fully saturated rings. The smallest absolute Gasteiger partial charge is 0.392 e. The van der Waals surface area contributed by atoms with Crippen LogP contribution in [0.25, 0.3) is 16.7 Å². The number of rotatable bonds is 1.